The van der Waals surface area contributed by atoms with Gasteiger partial charge in [0.2, 0.25) is 0 Å². The molecule has 0 bridgehead atoms. The Hall–Kier alpha value is -1.55. The summed E-state index contributed by atoms with van der Waals surface area (Å²) in [6, 6.07) is 7.20. The highest BCUT2D eigenvalue weighted by Crippen LogP contribution is 2.11. The third kappa shape index (κ3) is 4.87. The van der Waals surface area contributed by atoms with Crippen LogP contribution in [0.15, 0.2) is 24.3 Å². The average molecular weight is 236 g/mol. The Morgan fingerprint density at radius 3 is 2.41 bits per heavy atom. The molecular weight excluding hydrogens is 216 g/mol. The Balaban J connectivity index is 2.48. The first-order chi connectivity index (χ1) is 7.99. The van der Waals surface area contributed by atoms with Crippen molar-refractivity contribution in [3.8, 4) is 0 Å². The molecule has 0 aliphatic rings. The first-order valence-electron chi connectivity index (χ1n) is 5.73. The van der Waals surface area contributed by atoms with E-state index in [1.807, 2.05) is 14.1 Å². The van der Waals surface area contributed by atoms with Crippen molar-refractivity contribution in [2.75, 3.05) is 26.0 Å². The molecule has 0 saturated carbocycles. The van der Waals surface area contributed by atoms with Crippen LogP contribution in [0.5, 0.6) is 0 Å². The molecule has 94 valence electrons. The molecule has 1 aromatic carbocycles. The Kier molecular flexibility index (Phi) is 4.97. The first-order valence-corrected chi connectivity index (χ1v) is 5.73. The number of carboxylic acids is 1. The normalized spacial score (nSPS) is 12.5. The van der Waals surface area contributed by atoms with Gasteiger partial charge in [-0.15, -0.1) is 0 Å². The highest BCUT2D eigenvalue weighted by Gasteiger charge is 2.04. The van der Waals surface area contributed by atoms with E-state index < -0.39 is 5.97 Å². The SMILES string of the molecule is CC(CCN(C)C)Nc1ccc(C(=O)O)cc1. The molecule has 4 nitrogen and oxygen atoms in total. The van der Waals surface area contributed by atoms with Gasteiger partial charge in [-0.3, -0.25) is 0 Å². The van der Waals surface area contributed by atoms with E-state index in [-0.39, 0.29) is 0 Å². The Bertz CT molecular complexity index is 360. The minimum Gasteiger partial charge on any atom is -0.478 e. The highest BCUT2D eigenvalue weighted by molar-refractivity contribution is 5.87. The Labute approximate surface area is 102 Å². The lowest BCUT2D eigenvalue weighted by Crippen LogP contribution is -2.22. The third-order valence-electron chi connectivity index (χ3n) is 2.55. The molecule has 0 radical (unpaired) electrons. The molecule has 0 heterocycles. The summed E-state index contributed by atoms with van der Waals surface area (Å²) >= 11 is 0. The van der Waals surface area contributed by atoms with Crippen molar-refractivity contribution < 1.29 is 9.90 Å². The maximum absolute atomic E-state index is 10.7. The van der Waals surface area contributed by atoms with E-state index in [1.165, 1.54) is 0 Å². The van der Waals surface area contributed by atoms with Crippen LogP contribution in [0.1, 0.15) is 23.7 Å². The number of hydrogen-bond acceptors (Lipinski definition) is 3. The second-order valence-corrected chi connectivity index (χ2v) is 4.52. The number of nitrogens with one attached hydrogen (secondary N) is 1. The van der Waals surface area contributed by atoms with Gasteiger partial charge in [0.15, 0.2) is 0 Å². The number of carbonyl (C=O) groups is 1. The summed E-state index contributed by atoms with van der Waals surface area (Å²) in [5, 5.41) is 12.1. The largest absolute Gasteiger partial charge is 0.478 e. The second-order valence-electron chi connectivity index (χ2n) is 4.52. The molecule has 0 aliphatic carbocycles. The van der Waals surface area contributed by atoms with E-state index in [1.54, 1.807) is 24.3 Å². The van der Waals surface area contributed by atoms with E-state index in [0.29, 0.717) is 11.6 Å². The number of hydrogen-bond donors (Lipinski definition) is 2. The van der Waals surface area contributed by atoms with Crippen LogP contribution in [-0.4, -0.2) is 42.7 Å². The molecular formula is C13H20N2O2. The molecule has 0 spiro atoms. The topological polar surface area (TPSA) is 52.6 Å². The van der Waals surface area contributed by atoms with Gasteiger partial charge in [-0.05, 0) is 58.3 Å². The lowest BCUT2D eigenvalue weighted by Gasteiger charge is -2.17. The van der Waals surface area contributed by atoms with Crippen molar-refractivity contribution >= 4 is 11.7 Å². The number of aromatic carboxylic acids is 1. The van der Waals surface area contributed by atoms with Crippen LogP contribution in [0.25, 0.3) is 0 Å². The summed E-state index contributed by atoms with van der Waals surface area (Å²) in [6.45, 7) is 3.15. The van der Waals surface area contributed by atoms with Crippen LogP contribution < -0.4 is 5.32 Å². The van der Waals surface area contributed by atoms with Crippen molar-refractivity contribution in [1.82, 2.24) is 4.90 Å². The quantitative estimate of drug-likeness (QED) is 0.794. The van der Waals surface area contributed by atoms with Crippen LogP contribution >= 0.6 is 0 Å². The van der Waals surface area contributed by atoms with Gasteiger partial charge in [0.1, 0.15) is 0 Å². The Morgan fingerprint density at radius 2 is 1.94 bits per heavy atom. The zero-order chi connectivity index (χ0) is 12.8. The van der Waals surface area contributed by atoms with Crippen molar-refractivity contribution in [1.29, 1.82) is 0 Å². The maximum Gasteiger partial charge on any atom is 0.335 e. The van der Waals surface area contributed by atoms with Gasteiger partial charge in [-0.1, -0.05) is 0 Å². The summed E-state index contributed by atoms with van der Waals surface area (Å²) in [5.74, 6) is -0.891. The van der Waals surface area contributed by atoms with E-state index in [4.69, 9.17) is 5.11 Å². The Morgan fingerprint density at radius 1 is 1.35 bits per heavy atom. The molecule has 4 heteroatoms. The van der Waals surface area contributed by atoms with Crippen LogP contribution in [0, 0.1) is 0 Å². The molecule has 1 unspecified atom stereocenters. The van der Waals surface area contributed by atoms with Crippen molar-refractivity contribution in [3.05, 3.63) is 29.8 Å². The zero-order valence-electron chi connectivity index (χ0n) is 10.6. The smallest absolute Gasteiger partial charge is 0.335 e. The number of rotatable bonds is 6. The molecule has 0 amide bonds. The minimum atomic E-state index is -0.891. The summed E-state index contributed by atoms with van der Waals surface area (Å²) in [5.41, 5.74) is 1.28. The van der Waals surface area contributed by atoms with Crippen molar-refractivity contribution in [3.63, 3.8) is 0 Å². The summed E-state index contributed by atoms with van der Waals surface area (Å²) in [4.78, 5) is 12.8. The van der Waals surface area contributed by atoms with Crippen molar-refractivity contribution in [2.45, 2.75) is 19.4 Å². The molecule has 1 rings (SSSR count). The van der Waals surface area contributed by atoms with Crippen LogP contribution in [-0.2, 0) is 0 Å². The molecule has 1 aromatic rings. The fourth-order valence-corrected chi connectivity index (χ4v) is 1.52. The lowest BCUT2D eigenvalue weighted by atomic mass is 10.1. The molecule has 0 fully saturated rings. The fourth-order valence-electron chi connectivity index (χ4n) is 1.52. The predicted molar refractivity (Wildman–Crippen MR) is 69.7 cm³/mol. The van der Waals surface area contributed by atoms with Gasteiger partial charge < -0.3 is 15.3 Å². The second kappa shape index (κ2) is 6.25. The van der Waals surface area contributed by atoms with E-state index >= 15 is 0 Å². The minimum absolute atomic E-state index is 0.316. The van der Waals surface area contributed by atoms with E-state index in [9.17, 15) is 4.79 Å². The van der Waals surface area contributed by atoms with Gasteiger partial charge in [-0.2, -0.15) is 0 Å². The molecule has 1 atom stereocenters. The standard InChI is InChI=1S/C13H20N2O2/c1-10(8-9-15(2)3)14-12-6-4-11(5-7-12)13(16)17/h4-7,10,14H,8-9H2,1-3H3,(H,16,17). The van der Waals surface area contributed by atoms with Gasteiger partial charge in [0.25, 0.3) is 0 Å². The van der Waals surface area contributed by atoms with Gasteiger partial charge in [0, 0.05) is 11.7 Å². The lowest BCUT2D eigenvalue weighted by molar-refractivity contribution is 0.0697. The predicted octanol–water partition coefficient (Wildman–Crippen LogP) is 2.14. The number of nitrogens with zero attached hydrogens (tertiary/aromatic N) is 1. The zero-order valence-corrected chi connectivity index (χ0v) is 10.6. The summed E-state index contributed by atoms with van der Waals surface area (Å²) in [6.07, 6.45) is 1.05. The molecule has 2 N–H and O–H groups in total. The van der Waals surface area contributed by atoms with Crippen molar-refractivity contribution in [2.24, 2.45) is 0 Å². The maximum atomic E-state index is 10.7. The third-order valence-corrected chi connectivity index (χ3v) is 2.55. The van der Waals surface area contributed by atoms with Crippen LogP contribution in [0.2, 0.25) is 0 Å². The number of benzene rings is 1. The molecule has 0 saturated heterocycles. The van der Waals surface area contributed by atoms with E-state index in [2.05, 4.69) is 17.1 Å². The van der Waals surface area contributed by atoms with Gasteiger partial charge in [0.05, 0.1) is 5.56 Å². The fraction of sp³-hybridized carbons (Fsp3) is 0.462. The number of carboxylic acid groups (broad SMARTS) is 1. The molecule has 0 aliphatic heterocycles. The summed E-state index contributed by atoms with van der Waals surface area (Å²) in [7, 11) is 4.10. The van der Waals surface area contributed by atoms with E-state index in [0.717, 1.165) is 18.7 Å². The molecule has 0 aromatic heterocycles. The highest BCUT2D eigenvalue weighted by atomic mass is 16.4. The first kappa shape index (κ1) is 13.5. The summed E-state index contributed by atoms with van der Waals surface area (Å²) < 4.78 is 0. The monoisotopic (exact) mass is 236 g/mol. The van der Waals surface area contributed by atoms with Gasteiger partial charge >= 0.3 is 5.97 Å². The van der Waals surface area contributed by atoms with Crippen LogP contribution in [0.4, 0.5) is 5.69 Å². The average Bonchev–Trinajstić information content (AvgIpc) is 2.27. The number of anilines is 1. The van der Waals surface area contributed by atoms with Crippen LogP contribution in [0.3, 0.4) is 0 Å². The van der Waals surface area contributed by atoms with Gasteiger partial charge in [-0.25, -0.2) is 4.79 Å². The molecule has 17 heavy (non-hydrogen) atoms.